The standard InChI is InChI=1S/C22H23N3O4/c1-14-15(22(26)24(2)3)6-5-7-17(14)25-9-8-23-21(25)16-12-19-20(13-18(16)27-4)29-11-10-28-19/h5-9,12-13H,10-11H2,1-4H3. The highest BCUT2D eigenvalue weighted by Crippen LogP contribution is 2.41. The number of fused-ring (bicyclic) bond motifs is 1. The molecule has 0 bridgehead atoms. The number of hydrogen-bond donors (Lipinski definition) is 0. The van der Waals surface area contributed by atoms with Gasteiger partial charge in [-0.3, -0.25) is 9.36 Å². The topological polar surface area (TPSA) is 65.8 Å². The molecule has 0 fully saturated rings. The van der Waals surface area contributed by atoms with E-state index in [0.717, 1.165) is 16.8 Å². The number of methoxy groups -OCH3 is 1. The number of amides is 1. The fourth-order valence-electron chi connectivity index (χ4n) is 3.47. The Balaban J connectivity index is 1.86. The molecule has 1 aliphatic rings. The summed E-state index contributed by atoms with van der Waals surface area (Å²) in [5, 5.41) is 0. The summed E-state index contributed by atoms with van der Waals surface area (Å²) in [6.45, 7) is 2.95. The minimum absolute atomic E-state index is 0.0390. The molecule has 0 spiro atoms. The monoisotopic (exact) mass is 393 g/mol. The predicted octanol–water partition coefficient (Wildman–Crippen LogP) is 3.33. The van der Waals surface area contributed by atoms with E-state index in [0.29, 0.717) is 41.9 Å². The molecule has 150 valence electrons. The lowest BCUT2D eigenvalue weighted by Gasteiger charge is -2.21. The number of carbonyl (C=O) groups excluding carboxylic acids is 1. The summed E-state index contributed by atoms with van der Waals surface area (Å²) in [5.41, 5.74) is 3.19. The van der Waals surface area contributed by atoms with Crippen LogP contribution in [0.4, 0.5) is 0 Å². The van der Waals surface area contributed by atoms with Crippen LogP contribution < -0.4 is 14.2 Å². The van der Waals surface area contributed by atoms with E-state index in [1.807, 2.05) is 48.0 Å². The predicted molar refractivity (Wildman–Crippen MR) is 109 cm³/mol. The van der Waals surface area contributed by atoms with Crippen molar-refractivity contribution in [2.75, 3.05) is 34.4 Å². The third-order valence-corrected chi connectivity index (χ3v) is 4.95. The van der Waals surface area contributed by atoms with Crippen LogP contribution in [0.1, 0.15) is 15.9 Å². The van der Waals surface area contributed by atoms with Crippen molar-refractivity contribution in [3.8, 4) is 34.3 Å². The smallest absolute Gasteiger partial charge is 0.253 e. The van der Waals surface area contributed by atoms with Crippen molar-refractivity contribution >= 4 is 5.91 Å². The Morgan fingerprint density at radius 2 is 1.90 bits per heavy atom. The minimum Gasteiger partial charge on any atom is -0.496 e. The van der Waals surface area contributed by atoms with Gasteiger partial charge in [0.25, 0.3) is 5.91 Å². The molecule has 1 aromatic heterocycles. The molecule has 2 aromatic carbocycles. The van der Waals surface area contributed by atoms with Gasteiger partial charge in [0.2, 0.25) is 0 Å². The molecule has 0 unspecified atom stereocenters. The molecule has 1 amide bonds. The van der Waals surface area contributed by atoms with Crippen LogP contribution in [0.15, 0.2) is 42.7 Å². The molecule has 2 heterocycles. The molecule has 0 N–H and O–H groups in total. The molecule has 7 nitrogen and oxygen atoms in total. The average molecular weight is 393 g/mol. The first-order valence-corrected chi connectivity index (χ1v) is 9.34. The number of nitrogens with zero attached hydrogens (tertiary/aromatic N) is 3. The first kappa shape index (κ1) is 18.9. The molecule has 0 atom stereocenters. The van der Waals surface area contributed by atoms with Crippen LogP contribution in [0.25, 0.3) is 17.1 Å². The molecule has 1 aliphatic heterocycles. The fourth-order valence-corrected chi connectivity index (χ4v) is 3.47. The number of carbonyl (C=O) groups is 1. The summed E-state index contributed by atoms with van der Waals surface area (Å²) < 4.78 is 19.0. The summed E-state index contributed by atoms with van der Waals surface area (Å²) in [7, 11) is 5.11. The molecular weight excluding hydrogens is 370 g/mol. The fraction of sp³-hybridized carbons (Fsp3) is 0.273. The Bertz CT molecular complexity index is 1070. The molecule has 3 aromatic rings. The van der Waals surface area contributed by atoms with Crippen molar-refractivity contribution in [1.82, 2.24) is 14.5 Å². The largest absolute Gasteiger partial charge is 0.496 e. The van der Waals surface area contributed by atoms with Crippen LogP contribution in [0.5, 0.6) is 17.2 Å². The normalized spacial score (nSPS) is 12.6. The van der Waals surface area contributed by atoms with E-state index in [1.54, 1.807) is 32.3 Å². The maximum atomic E-state index is 12.6. The van der Waals surface area contributed by atoms with Gasteiger partial charge in [-0.05, 0) is 30.7 Å². The highest BCUT2D eigenvalue weighted by atomic mass is 16.6. The van der Waals surface area contributed by atoms with Gasteiger partial charge in [-0.25, -0.2) is 4.98 Å². The average Bonchev–Trinajstić information content (AvgIpc) is 3.21. The molecule has 4 rings (SSSR count). The molecule has 0 radical (unpaired) electrons. The second-order valence-corrected chi connectivity index (χ2v) is 6.97. The minimum atomic E-state index is -0.0390. The first-order chi connectivity index (χ1) is 14.0. The molecule has 7 heteroatoms. The number of aromatic nitrogens is 2. The summed E-state index contributed by atoms with van der Waals surface area (Å²) >= 11 is 0. The van der Waals surface area contributed by atoms with Crippen LogP contribution in [-0.2, 0) is 0 Å². The van der Waals surface area contributed by atoms with E-state index in [-0.39, 0.29) is 5.91 Å². The highest BCUT2D eigenvalue weighted by Gasteiger charge is 2.22. The van der Waals surface area contributed by atoms with E-state index >= 15 is 0 Å². The third kappa shape index (κ3) is 3.29. The Labute approximate surface area is 169 Å². The number of benzene rings is 2. The molecule has 0 saturated heterocycles. The Morgan fingerprint density at radius 3 is 2.59 bits per heavy atom. The zero-order valence-electron chi connectivity index (χ0n) is 16.9. The van der Waals surface area contributed by atoms with Gasteiger partial charge in [-0.15, -0.1) is 0 Å². The highest BCUT2D eigenvalue weighted by molar-refractivity contribution is 5.96. The number of imidazole rings is 1. The van der Waals surface area contributed by atoms with Crippen molar-refractivity contribution < 1.29 is 19.0 Å². The number of hydrogen-bond acceptors (Lipinski definition) is 5. The maximum Gasteiger partial charge on any atom is 0.253 e. The van der Waals surface area contributed by atoms with Crippen LogP contribution >= 0.6 is 0 Å². The molecule has 0 aliphatic carbocycles. The van der Waals surface area contributed by atoms with Crippen LogP contribution in [-0.4, -0.2) is 54.8 Å². The summed E-state index contributed by atoms with van der Waals surface area (Å²) in [6, 6.07) is 9.39. The lowest BCUT2D eigenvalue weighted by atomic mass is 10.0. The van der Waals surface area contributed by atoms with Gasteiger partial charge < -0.3 is 19.1 Å². The van der Waals surface area contributed by atoms with Crippen molar-refractivity contribution in [2.45, 2.75) is 6.92 Å². The Hall–Kier alpha value is -3.48. The third-order valence-electron chi connectivity index (χ3n) is 4.95. The maximum absolute atomic E-state index is 12.6. The van der Waals surface area contributed by atoms with Gasteiger partial charge in [0.15, 0.2) is 11.5 Å². The van der Waals surface area contributed by atoms with Gasteiger partial charge >= 0.3 is 0 Å². The Morgan fingerprint density at radius 1 is 1.17 bits per heavy atom. The van der Waals surface area contributed by atoms with Crippen molar-refractivity contribution in [2.24, 2.45) is 0 Å². The van der Waals surface area contributed by atoms with E-state index in [9.17, 15) is 4.79 Å². The van der Waals surface area contributed by atoms with Gasteiger partial charge in [0, 0.05) is 38.1 Å². The van der Waals surface area contributed by atoms with Crippen molar-refractivity contribution in [1.29, 1.82) is 0 Å². The van der Waals surface area contributed by atoms with Crippen molar-refractivity contribution in [3.63, 3.8) is 0 Å². The first-order valence-electron chi connectivity index (χ1n) is 9.34. The quantitative estimate of drug-likeness (QED) is 0.680. The van der Waals surface area contributed by atoms with Gasteiger partial charge in [0.1, 0.15) is 24.8 Å². The van der Waals surface area contributed by atoms with E-state index in [2.05, 4.69) is 4.98 Å². The van der Waals surface area contributed by atoms with Crippen LogP contribution in [0, 0.1) is 6.92 Å². The molecule has 29 heavy (non-hydrogen) atoms. The van der Waals surface area contributed by atoms with Gasteiger partial charge in [0.05, 0.1) is 18.4 Å². The number of ether oxygens (including phenoxy) is 3. The summed E-state index contributed by atoms with van der Waals surface area (Å²) in [4.78, 5) is 18.7. The van der Waals surface area contributed by atoms with Crippen molar-refractivity contribution in [3.05, 3.63) is 53.9 Å². The van der Waals surface area contributed by atoms with Gasteiger partial charge in [-0.1, -0.05) is 6.07 Å². The second kappa shape index (κ2) is 7.50. The van der Waals surface area contributed by atoms with Crippen LogP contribution in [0.3, 0.4) is 0 Å². The second-order valence-electron chi connectivity index (χ2n) is 6.97. The number of rotatable bonds is 4. The van der Waals surface area contributed by atoms with E-state index in [1.165, 1.54) is 0 Å². The zero-order valence-corrected chi connectivity index (χ0v) is 16.9. The summed E-state index contributed by atoms with van der Waals surface area (Å²) in [5.74, 6) is 2.61. The zero-order chi connectivity index (χ0) is 20.5. The lowest BCUT2D eigenvalue weighted by Crippen LogP contribution is -2.23. The lowest BCUT2D eigenvalue weighted by molar-refractivity contribution is 0.0827. The van der Waals surface area contributed by atoms with Gasteiger partial charge in [-0.2, -0.15) is 0 Å². The van der Waals surface area contributed by atoms with E-state index < -0.39 is 0 Å². The molecule has 0 saturated carbocycles. The Kier molecular flexibility index (Phi) is 4.88. The van der Waals surface area contributed by atoms with Crippen LogP contribution in [0.2, 0.25) is 0 Å². The molecular formula is C22H23N3O4. The van der Waals surface area contributed by atoms with E-state index in [4.69, 9.17) is 14.2 Å². The SMILES string of the molecule is COc1cc2c(cc1-c1nccn1-c1cccc(C(=O)N(C)C)c1C)OCCO2. The summed E-state index contributed by atoms with van der Waals surface area (Å²) in [6.07, 6.45) is 3.60.